The average molecular weight is 245 g/mol. The first kappa shape index (κ1) is 12.1. The van der Waals surface area contributed by atoms with E-state index < -0.39 is 23.3 Å². The van der Waals surface area contributed by atoms with Gasteiger partial charge in [0, 0.05) is 6.07 Å². The van der Waals surface area contributed by atoms with Crippen LogP contribution in [0, 0.1) is 10.1 Å². The Labute approximate surface area is 93.1 Å². The summed E-state index contributed by atoms with van der Waals surface area (Å²) in [6.07, 6.45) is 0. The van der Waals surface area contributed by atoms with Gasteiger partial charge in [0.25, 0.3) is 5.91 Å². The second-order valence-electron chi connectivity index (χ2n) is 2.58. The van der Waals surface area contributed by atoms with Gasteiger partial charge < -0.3 is 5.73 Å². The largest absolute Gasteiger partial charge is 0.368 e. The summed E-state index contributed by atoms with van der Waals surface area (Å²) in [6, 6.07) is 2.49. The fraction of sp³-hybridized carbons (Fsp3) is 0.143. The number of rotatable bonds is 5. The molecule has 0 radical (unpaired) electrons. The average Bonchev–Trinajstić information content (AvgIpc) is 2.65. The van der Waals surface area contributed by atoms with Crippen LogP contribution in [0.25, 0.3) is 0 Å². The predicted molar refractivity (Wildman–Crippen MR) is 53.6 cm³/mol. The highest BCUT2D eigenvalue weighted by atomic mass is 32.1. The lowest BCUT2D eigenvalue weighted by Crippen LogP contribution is -2.28. The SMILES string of the molecule is NC(=O)CONC(=O)c1ccc([N+](=O)[O-])s1. The Morgan fingerprint density at radius 1 is 1.56 bits per heavy atom. The van der Waals surface area contributed by atoms with Gasteiger partial charge in [0.2, 0.25) is 5.91 Å². The van der Waals surface area contributed by atoms with Crippen molar-refractivity contribution in [2.24, 2.45) is 5.73 Å². The zero-order valence-corrected chi connectivity index (χ0v) is 8.65. The molecule has 1 aromatic rings. The molecule has 1 aromatic heterocycles. The van der Waals surface area contributed by atoms with Gasteiger partial charge in [0.1, 0.15) is 4.88 Å². The van der Waals surface area contributed by atoms with Gasteiger partial charge in [-0.15, -0.1) is 0 Å². The highest BCUT2D eigenvalue weighted by Crippen LogP contribution is 2.23. The van der Waals surface area contributed by atoms with Crippen LogP contribution in [0.1, 0.15) is 9.67 Å². The van der Waals surface area contributed by atoms with Gasteiger partial charge in [-0.25, -0.2) is 5.48 Å². The second kappa shape index (κ2) is 5.19. The first-order valence-electron chi connectivity index (χ1n) is 3.95. The van der Waals surface area contributed by atoms with Gasteiger partial charge in [-0.2, -0.15) is 0 Å². The molecule has 16 heavy (non-hydrogen) atoms. The topological polar surface area (TPSA) is 125 Å². The molecule has 1 rings (SSSR count). The quantitative estimate of drug-likeness (QED) is 0.549. The van der Waals surface area contributed by atoms with Crippen molar-refractivity contribution in [3.63, 3.8) is 0 Å². The van der Waals surface area contributed by atoms with E-state index in [0.29, 0.717) is 11.3 Å². The summed E-state index contributed by atoms with van der Waals surface area (Å²) >= 11 is 0.701. The first-order chi connectivity index (χ1) is 7.50. The van der Waals surface area contributed by atoms with Crippen LogP contribution >= 0.6 is 11.3 Å². The number of nitrogens with two attached hydrogens (primary N) is 1. The monoisotopic (exact) mass is 245 g/mol. The van der Waals surface area contributed by atoms with Crippen LogP contribution in [-0.4, -0.2) is 23.3 Å². The molecule has 2 amide bonds. The lowest BCUT2D eigenvalue weighted by Gasteiger charge is -2.00. The van der Waals surface area contributed by atoms with Crippen molar-refractivity contribution in [1.29, 1.82) is 0 Å². The van der Waals surface area contributed by atoms with Crippen LogP contribution in [-0.2, 0) is 9.63 Å². The number of nitro groups is 1. The van der Waals surface area contributed by atoms with Gasteiger partial charge in [-0.3, -0.25) is 24.5 Å². The Balaban J connectivity index is 2.53. The van der Waals surface area contributed by atoms with E-state index in [-0.39, 0.29) is 9.88 Å². The Morgan fingerprint density at radius 2 is 2.25 bits per heavy atom. The summed E-state index contributed by atoms with van der Waals surface area (Å²) in [5.41, 5.74) is 6.69. The van der Waals surface area contributed by atoms with E-state index in [1.165, 1.54) is 12.1 Å². The molecular weight excluding hydrogens is 238 g/mol. The molecule has 0 unspecified atom stereocenters. The molecule has 1 heterocycles. The maximum absolute atomic E-state index is 11.3. The number of hydroxylamine groups is 1. The molecule has 0 saturated heterocycles. The molecule has 86 valence electrons. The Bertz CT molecular complexity index is 429. The molecule has 0 aliphatic heterocycles. The minimum absolute atomic E-state index is 0.108. The summed E-state index contributed by atoms with van der Waals surface area (Å²) < 4.78 is 0. The predicted octanol–water partition coefficient (Wildman–Crippen LogP) is -0.197. The number of thiophene rings is 1. The van der Waals surface area contributed by atoms with E-state index in [2.05, 4.69) is 4.84 Å². The first-order valence-corrected chi connectivity index (χ1v) is 4.77. The molecule has 8 nitrogen and oxygen atoms in total. The highest BCUT2D eigenvalue weighted by molar-refractivity contribution is 7.17. The van der Waals surface area contributed by atoms with E-state index in [1.54, 1.807) is 0 Å². The molecule has 0 bridgehead atoms. The summed E-state index contributed by atoms with van der Waals surface area (Å²) in [6.45, 7) is -0.459. The van der Waals surface area contributed by atoms with Crippen LogP contribution in [0.2, 0.25) is 0 Å². The van der Waals surface area contributed by atoms with Crippen molar-refractivity contribution in [2.75, 3.05) is 6.61 Å². The molecule has 0 atom stereocenters. The minimum Gasteiger partial charge on any atom is -0.368 e. The van der Waals surface area contributed by atoms with Crippen molar-refractivity contribution in [3.05, 3.63) is 27.1 Å². The van der Waals surface area contributed by atoms with Crippen molar-refractivity contribution >= 4 is 28.2 Å². The number of carbonyl (C=O) groups excluding carboxylic acids is 2. The van der Waals surface area contributed by atoms with Crippen LogP contribution in [0.4, 0.5) is 5.00 Å². The Morgan fingerprint density at radius 3 is 2.75 bits per heavy atom. The minimum atomic E-state index is -0.738. The molecule has 3 N–H and O–H groups in total. The van der Waals surface area contributed by atoms with Crippen LogP contribution in [0.15, 0.2) is 12.1 Å². The number of nitrogens with zero attached hydrogens (tertiary/aromatic N) is 1. The van der Waals surface area contributed by atoms with Crippen molar-refractivity contribution in [2.45, 2.75) is 0 Å². The van der Waals surface area contributed by atoms with Crippen molar-refractivity contribution in [1.82, 2.24) is 5.48 Å². The molecule has 0 saturated carbocycles. The Hall–Kier alpha value is -2.00. The third-order valence-corrected chi connectivity index (χ3v) is 2.41. The molecular formula is C7H7N3O5S. The van der Waals surface area contributed by atoms with Crippen molar-refractivity contribution < 1.29 is 19.3 Å². The molecule has 0 fully saturated rings. The van der Waals surface area contributed by atoms with Gasteiger partial charge in [-0.05, 0) is 6.07 Å². The maximum atomic E-state index is 11.3. The number of carbonyl (C=O) groups is 2. The van der Waals surface area contributed by atoms with E-state index in [1.807, 2.05) is 5.48 Å². The zero-order chi connectivity index (χ0) is 12.1. The van der Waals surface area contributed by atoms with Crippen LogP contribution in [0.3, 0.4) is 0 Å². The number of nitrogens with one attached hydrogen (secondary N) is 1. The fourth-order valence-electron chi connectivity index (χ4n) is 0.771. The van der Waals surface area contributed by atoms with E-state index in [9.17, 15) is 19.7 Å². The summed E-state index contributed by atoms with van der Waals surface area (Å²) in [5.74, 6) is -1.41. The van der Waals surface area contributed by atoms with Crippen LogP contribution < -0.4 is 11.2 Å². The van der Waals surface area contributed by atoms with E-state index in [4.69, 9.17) is 5.73 Å². The standard InChI is InChI=1S/C7H7N3O5S/c8-5(11)3-15-9-7(12)4-1-2-6(16-4)10(13)14/h1-2H,3H2,(H2,8,11)(H,9,12). The molecule has 9 heteroatoms. The molecule has 0 aromatic carbocycles. The van der Waals surface area contributed by atoms with Crippen LogP contribution in [0.5, 0.6) is 0 Å². The van der Waals surface area contributed by atoms with Gasteiger partial charge in [0.15, 0.2) is 6.61 Å². The summed E-state index contributed by atoms with van der Waals surface area (Å²) in [4.78, 5) is 35.8. The zero-order valence-electron chi connectivity index (χ0n) is 7.84. The van der Waals surface area contributed by atoms with Crippen molar-refractivity contribution in [3.8, 4) is 0 Å². The summed E-state index contributed by atoms with van der Waals surface area (Å²) in [7, 11) is 0. The molecule has 0 spiro atoms. The number of primary amides is 1. The summed E-state index contributed by atoms with van der Waals surface area (Å²) in [5, 5.41) is 10.2. The third-order valence-electron chi connectivity index (χ3n) is 1.37. The molecule has 0 aliphatic carbocycles. The lowest BCUT2D eigenvalue weighted by molar-refractivity contribution is -0.380. The normalized spacial score (nSPS) is 9.75. The maximum Gasteiger partial charge on any atom is 0.324 e. The van der Waals surface area contributed by atoms with Gasteiger partial charge in [0.05, 0.1) is 4.92 Å². The van der Waals surface area contributed by atoms with E-state index in [0.717, 1.165) is 0 Å². The number of hydrogen-bond acceptors (Lipinski definition) is 6. The number of hydrogen-bond donors (Lipinski definition) is 2. The lowest BCUT2D eigenvalue weighted by atomic mass is 10.4. The highest BCUT2D eigenvalue weighted by Gasteiger charge is 2.15. The Kier molecular flexibility index (Phi) is 3.91. The number of amides is 2. The van der Waals surface area contributed by atoms with E-state index >= 15 is 0 Å². The smallest absolute Gasteiger partial charge is 0.324 e. The van der Waals surface area contributed by atoms with Gasteiger partial charge in [-0.1, -0.05) is 11.3 Å². The molecule has 0 aliphatic rings. The third kappa shape index (κ3) is 3.29. The fourth-order valence-corrected chi connectivity index (χ4v) is 1.48. The van der Waals surface area contributed by atoms with Gasteiger partial charge >= 0.3 is 5.00 Å². The second-order valence-corrected chi connectivity index (χ2v) is 3.64.